The molecular weight excluding hydrogens is 842 g/mol. The van der Waals surface area contributed by atoms with Gasteiger partial charge in [-0.1, -0.05) is 147 Å². The summed E-state index contributed by atoms with van der Waals surface area (Å²) in [5.74, 6) is 0.953. The van der Waals surface area contributed by atoms with Crippen LogP contribution in [0.5, 0.6) is 5.75 Å². The fraction of sp³-hybridized carbons (Fsp3) is 0.0612. The van der Waals surface area contributed by atoms with Crippen LogP contribution < -0.4 is 4.90 Å². The molecule has 0 saturated heterocycles. The molecule has 1 N–H and O–H groups in total. The molecule has 0 radical (unpaired) electrons. The molecule has 2 aromatic heterocycles. The minimum Gasteiger partial charge on any atom is -0.507 e. The van der Waals surface area contributed by atoms with Crippen molar-refractivity contribution < 1.29 is 26.2 Å². The molecule has 266 valence electrons. The van der Waals surface area contributed by atoms with Gasteiger partial charge in [0.25, 0.3) is 0 Å². The van der Waals surface area contributed by atoms with Crippen molar-refractivity contribution in [2.75, 3.05) is 4.90 Å². The molecule has 0 aliphatic carbocycles. The number of phenolic OH excluding ortho intramolecular Hbond substituents is 1. The largest absolute Gasteiger partial charge is 0.507 e. The van der Waals surface area contributed by atoms with Gasteiger partial charge in [-0.2, -0.15) is 0 Å². The summed E-state index contributed by atoms with van der Waals surface area (Å²) in [5, 5.41) is 11.0. The van der Waals surface area contributed by atoms with E-state index in [1.54, 1.807) is 6.07 Å². The van der Waals surface area contributed by atoms with Gasteiger partial charge in [0.15, 0.2) is 0 Å². The van der Waals surface area contributed by atoms with Crippen LogP contribution in [-0.4, -0.2) is 15.1 Å². The molecule has 0 unspecified atom stereocenters. The first kappa shape index (κ1) is 36.3. The quantitative estimate of drug-likeness (QED) is 0.147. The SMILES string of the molecule is CC(C)(c1ccccc1)c1cc(-c2[c-]c(N(c3ccccc3)c3cc(-c4ccccc4)ccn3)cc(-c3ccccc3)c2)nc(-c2ccccc2O)c1.[Pt]. The van der Waals surface area contributed by atoms with Crippen molar-refractivity contribution >= 4 is 17.2 Å². The molecule has 8 aromatic rings. The van der Waals surface area contributed by atoms with Crippen LogP contribution in [0.4, 0.5) is 17.2 Å². The zero-order chi connectivity index (χ0) is 36.2. The van der Waals surface area contributed by atoms with Crippen LogP contribution in [-0.2, 0) is 26.5 Å². The fourth-order valence-corrected chi connectivity index (χ4v) is 6.81. The smallest absolute Gasteiger partial charge is 0.136 e. The first-order valence-electron chi connectivity index (χ1n) is 17.8. The van der Waals surface area contributed by atoms with Crippen molar-refractivity contribution in [2.45, 2.75) is 19.3 Å². The molecule has 0 saturated carbocycles. The number of anilines is 3. The van der Waals surface area contributed by atoms with Crippen LogP contribution in [0.1, 0.15) is 25.0 Å². The van der Waals surface area contributed by atoms with Crippen LogP contribution in [0.3, 0.4) is 0 Å². The van der Waals surface area contributed by atoms with Crippen molar-refractivity contribution in [3.05, 3.63) is 205 Å². The van der Waals surface area contributed by atoms with Gasteiger partial charge in [0.05, 0.1) is 5.69 Å². The van der Waals surface area contributed by atoms with Gasteiger partial charge in [-0.15, -0.1) is 23.8 Å². The van der Waals surface area contributed by atoms with Gasteiger partial charge in [-0.25, -0.2) is 4.98 Å². The van der Waals surface area contributed by atoms with Gasteiger partial charge in [0.1, 0.15) is 11.6 Å². The van der Waals surface area contributed by atoms with Crippen LogP contribution in [0, 0.1) is 6.07 Å². The van der Waals surface area contributed by atoms with Crippen LogP contribution in [0.25, 0.3) is 44.8 Å². The maximum Gasteiger partial charge on any atom is 0.136 e. The van der Waals surface area contributed by atoms with Gasteiger partial charge >= 0.3 is 0 Å². The Labute approximate surface area is 331 Å². The maximum absolute atomic E-state index is 11.0. The third kappa shape index (κ3) is 7.53. The van der Waals surface area contributed by atoms with Gasteiger partial charge in [-0.05, 0) is 81.7 Å². The van der Waals surface area contributed by atoms with E-state index in [0.717, 1.165) is 56.3 Å². The Morgan fingerprint density at radius 3 is 1.78 bits per heavy atom. The van der Waals surface area contributed by atoms with Crippen LogP contribution in [0.15, 0.2) is 188 Å². The van der Waals surface area contributed by atoms with E-state index in [1.165, 1.54) is 5.56 Å². The fourth-order valence-electron chi connectivity index (χ4n) is 6.81. The molecule has 8 rings (SSSR count). The zero-order valence-corrected chi connectivity index (χ0v) is 32.3. The Bertz CT molecular complexity index is 2490. The Morgan fingerprint density at radius 2 is 1.11 bits per heavy atom. The Morgan fingerprint density at radius 1 is 0.537 bits per heavy atom. The average molecular weight is 880 g/mol. The minimum absolute atomic E-state index is 0. The molecule has 0 bridgehead atoms. The monoisotopic (exact) mass is 879 g/mol. The van der Waals surface area contributed by atoms with Crippen LogP contribution in [0.2, 0.25) is 0 Å². The van der Waals surface area contributed by atoms with E-state index < -0.39 is 0 Å². The third-order valence-corrected chi connectivity index (χ3v) is 9.80. The van der Waals surface area contributed by atoms with Gasteiger partial charge in [0.2, 0.25) is 0 Å². The number of benzene rings is 6. The summed E-state index contributed by atoms with van der Waals surface area (Å²) in [4.78, 5) is 12.3. The summed E-state index contributed by atoms with van der Waals surface area (Å²) in [6, 6.07) is 65.5. The Hall–Kier alpha value is -6.09. The molecule has 0 fully saturated rings. The molecule has 0 aliphatic rings. The summed E-state index contributed by atoms with van der Waals surface area (Å²) < 4.78 is 0. The van der Waals surface area contributed by atoms with E-state index in [4.69, 9.17) is 9.97 Å². The van der Waals surface area contributed by atoms with Crippen molar-refractivity contribution in [3.8, 4) is 50.5 Å². The molecule has 0 spiro atoms. The molecule has 5 heteroatoms. The molecule has 54 heavy (non-hydrogen) atoms. The number of pyridine rings is 2. The predicted octanol–water partition coefficient (Wildman–Crippen LogP) is 12.4. The van der Waals surface area contributed by atoms with E-state index in [1.807, 2.05) is 66.9 Å². The number of rotatable bonds is 9. The number of aromatic hydroxyl groups is 1. The van der Waals surface area contributed by atoms with Gasteiger partial charge < -0.3 is 10.0 Å². The second-order valence-electron chi connectivity index (χ2n) is 13.6. The van der Waals surface area contributed by atoms with E-state index in [2.05, 4.69) is 140 Å². The molecule has 0 aliphatic heterocycles. The number of aromatic nitrogens is 2. The number of hydrogen-bond donors (Lipinski definition) is 1. The molecule has 0 amide bonds. The molecule has 4 nitrogen and oxygen atoms in total. The third-order valence-electron chi connectivity index (χ3n) is 9.80. The van der Waals surface area contributed by atoms with Crippen molar-refractivity contribution in [1.82, 2.24) is 9.97 Å². The van der Waals surface area contributed by atoms with Crippen molar-refractivity contribution in [2.24, 2.45) is 0 Å². The number of para-hydroxylation sites is 2. The summed E-state index contributed by atoms with van der Waals surface area (Å²) in [6.45, 7) is 4.46. The van der Waals surface area contributed by atoms with E-state index >= 15 is 0 Å². The summed E-state index contributed by atoms with van der Waals surface area (Å²) in [5.41, 5.74) is 10.9. The number of hydrogen-bond acceptors (Lipinski definition) is 4. The number of nitrogens with zero attached hydrogens (tertiary/aromatic N) is 3. The van der Waals surface area contributed by atoms with E-state index in [9.17, 15) is 5.11 Å². The first-order chi connectivity index (χ1) is 25.9. The van der Waals surface area contributed by atoms with E-state index in [0.29, 0.717) is 11.3 Å². The average Bonchev–Trinajstić information content (AvgIpc) is 3.22. The predicted molar refractivity (Wildman–Crippen MR) is 218 cm³/mol. The first-order valence-corrected chi connectivity index (χ1v) is 17.8. The number of phenols is 1. The zero-order valence-electron chi connectivity index (χ0n) is 30.0. The molecular formula is C49H38N3OPt-. The van der Waals surface area contributed by atoms with E-state index in [-0.39, 0.29) is 32.2 Å². The Balaban J connectivity index is 0.00000450. The summed E-state index contributed by atoms with van der Waals surface area (Å²) in [7, 11) is 0. The topological polar surface area (TPSA) is 49.2 Å². The molecule has 2 heterocycles. The summed E-state index contributed by atoms with van der Waals surface area (Å²) >= 11 is 0. The standard InChI is InChI=1S/C49H38N3O.Pt/c1-49(2,40-21-11-5-12-22-40)41-33-45(51-46(34-41)44-25-15-16-26-47(44)53)39-29-38(36-19-9-4-10-20-36)30-43(31-39)52(42-23-13-6-14-24-42)48-32-37(27-28-50-48)35-17-7-3-8-18-35;/h3-30,32-34,53H,1-2H3;/q-1;. The Kier molecular flexibility index (Phi) is 10.7. The normalized spacial score (nSPS) is 11.1. The van der Waals surface area contributed by atoms with Crippen LogP contribution >= 0.6 is 0 Å². The maximum atomic E-state index is 11.0. The summed E-state index contributed by atoms with van der Waals surface area (Å²) in [6.07, 6.45) is 1.87. The second kappa shape index (κ2) is 15.9. The second-order valence-corrected chi connectivity index (χ2v) is 13.6. The van der Waals surface area contributed by atoms with Crippen molar-refractivity contribution in [3.63, 3.8) is 0 Å². The van der Waals surface area contributed by atoms with Gasteiger partial charge in [0, 0.05) is 43.9 Å². The van der Waals surface area contributed by atoms with Gasteiger partial charge in [-0.3, -0.25) is 4.98 Å². The minimum atomic E-state index is -0.365. The van der Waals surface area contributed by atoms with Crippen molar-refractivity contribution in [1.29, 1.82) is 0 Å². The molecule has 6 aromatic carbocycles. The molecule has 0 atom stereocenters.